The molecule has 0 atom stereocenters. The molecule has 0 fully saturated rings. The number of hydrogen-bond acceptors (Lipinski definition) is 4. The zero-order valence-electron chi connectivity index (χ0n) is 16.2. The SMILES string of the molecule is O=C(O)c1cn(-c2ccc3[nH]c(=O)[nH]c3c2)c(=O)n(Cc2cccc(C(F)(F)F)c2Cl)c1=O. The largest absolute Gasteiger partial charge is 0.477 e. The van der Waals surface area contributed by atoms with Gasteiger partial charge in [-0.1, -0.05) is 23.7 Å². The van der Waals surface area contributed by atoms with Crippen molar-refractivity contribution in [2.24, 2.45) is 0 Å². The van der Waals surface area contributed by atoms with Gasteiger partial charge in [0.1, 0.15) is 5.56 Å². The van der Waals surface area contributed by atoms with Gasteiger partial charge in [-0.25, -0.2) is 14.4 Å². The molecule has 0 radical (unpaired) electrons. The van der Waals surface area contributed by atoms with Gasteiger partial charge < -0.3 is 15.1 Å². The Morgan fingerprint density at radius 3 is 2.42 bits per heavy atom. The van der Waals surface area contributed by atoms with Crippen LogP contribution in [0.2, 0.25) is 5.02 Å². The van der Waals surface area contributed by atoms with Crippen molar-refractivity contribution >= 4 is 28.6 Å². The molecule has 0 saturated carbocycles. The van der Waals surface area contributed by atoms with Crippen LogP contribution < -0.4 is 16.9 Å². The van der Waals surface area contributed by atoms with Crippen molar-refractivity contribution in [3.63, 3.8) is 0 Å². The monoisotopic (exact) mass is 480 g/mol. The van der Waals surface area contributed by atoms with E-state index >= 15 is 0 Å². The molecule has 2 aromatic heterocycles. The minimum absolute atomic E-state index is 0.106. The minimum atomic E-state index is -4.77. The van der Waals surface area contributed by atoms with E-state index in [1.165, 1.54) is 24.3 Å². The van der Waals surface area contributed by atoms with E-state index in [4.69, 9.17) is 11.6 Å². The van der Waals surface area contributed by atoms with E-state index in [-0.39, 0.29) is 11.3 Å². The topological polar surface area (TPSA) is 130 Å². The molecular formula is C20H12ClF3N4O5. The van der Waals surface area contributed by atoms with Crippen molar-refractivity contribution in [2.75, 3.05) is 0 Å². The number of hydrogen-bond donors (Lipinski definition) is 3. The van der Waals surface area contributed by atoms with Crippen LogP contribution in [-0.4, -0.2) is 30.2 Å². The molecule has 0 bridgehead atoms. The number of carbonyl (C=O) groups is 1. The minimum Gasteiger partial charge on any atom is -0.477 e. The zero-order chi connectivity index (χ0) is 24.1. The molecule has 0 saturated heterocycles. The Hall–Kier alpha value is -4.06. The number of carboxylic acid groups (broad SMARTS) is 1. The van der Waals surface area contributed by atoms with Crippen molar-refractivity contribution in [2.45, 2.75) is 12.7 Å². The number of aromatic amines is 2. The lowest BCUT2D eigenvalue weighted by molar-refractivity contribution is -0.137. The van der Waals surface area contributed by atoms with Gasteiger partial charge in [0.2, 0.25) is 0 Å². The molecule has 0 unspecified atom stereocenters. The molecule has 13 heteroatoms. The Morgan fingerprint density at radius 1 is 1.06 bits per heavy atom. The van der Waals surface area contributed by atoms with Gasteiger partial charge >= 0.3 is 23.5 Å². The summed E-state index contributed by atoms with van der Waals surface area (Å²) < 4.78 is 40.9. The first-order valence-electron chi connectivity index (χ1n) is 9.14. The smallest absolute Gasteiger partial charge is 0.417 e. The number of benzene rings is 2. The fraction of sp³-hybridized carbons (Fsp3) is 0.100. The van der Waals surface area contributed by atoms with Crippen LogP contribution in [0.25, 0.3) is 16.7 Å². The Labute approximate surface area is 185 Å². The molecular weight excluding hydrogens is 469 g/mol. The molecule has 3 N–H and O–H groups in total. The first kappa shape index (κ1) is 22.1. The summed E-state index contributed by atoms with van der Waals surface area (Å²) in [6, 6.07) is 7.21. The molecule has 4 aromatic rings. The highest BCUT2D eigenvalue weighted by atomic mass is 35.5. The van der Waals surface area contributed by atoms with Crippen LogP contribution in [0, 0.1) is 0 Å². The van der Waals surface area contributed by atoms with Gasteiger partial charge in [-0.15, -0.1) is 0 Å². The van der Waals surface area contributed by atoms with Gasteiger partial charge in [0, 0.05) is 6.20 Å². The predicted molar refractivity (Wildman–Crippen MR) is 111 cm³/mol. The van der Waals surface area contributed by atoms with Crippen LogP contribution in [0.15, 0.2) is 57.0 Å². The molecule has 9 nitrogen and oxygen atoms in total. The van der Waals surface area contributed by atoms with Crippen LogP contribution in [0.3, 0.4) is 0 Å². The van der Waals surface area contributed by atoms with Crippen LogP contribution in [0.1, 0.15) is 21.5 Å². The molecule has 0 amide bonds. The quantitative estimate of drug-likeness (QED) is 0.413. The predicted octanol–water partition coefficient (Wildman–Crippen LogP) is 2.59. The van der Waals surface area contributed by atoms with Gasteiger partial charge in [0.05, 0.1) is 33.9 Å². The summed E-state index contributed by atoms with van der Waals surface area (Å²) in [5.41, 5.74) is -4.07. The van der Waals surface area contributed by atoms with Crippen molar-refractivity contribution < 1.29 is 23.1 Å². The number of H-pyrrole nitrogens is 2. The van der Waals surface area contributed by atoms with E-state index < -0.39 is 51.8 Å². The van der Waals surface area contributed by atoms with E-state index in [1.807, 2.05) is 0 Å². The van der Waals surface area contributed by atoms with Crippen LogP contribution in [-0.2, 0) is 12.7 Å². The van der Waals surface area contributed by atoms with Crippen LogP contribution in [0.4, 0.5) is 13.2 Å². The van der Waals surface area contributed by atoms with E-state index in [2.05, 4.69) is 9.97 Å². The number of alkyl halides is 3. The lowest BCUT2D eigenvalue weighted by Gasteiger charge is -2.15. The maximum Gasteiger partial charge on any atom is 0.417 e. The number of halogens is 4. The van der Waals surface area contributed by atoms with Crippen molar-refractivity contribution in [1.82, 2.24) is 19.1 Å². The van der Waals surface area contributed by atoms with E-state index in [1.54, 1.807) is 0 Å². The van der Waals surface area contributed by atoms with Gasteiger partial charge in [0.25, 0.3) is 5.56 Å². The standard InChI is InChI=1S/C20H12ClF3N4O5/c21-15-9(2-1-3-12(15)20(22,23)24)7-28-16(29)11(17(30)31)8-27(19(28)33)10-4-5-13-14(6-10)26-18(32)25-13/h1-6,8H,7H2,(H,30,31)(H2,25,26,32). The number of aromatic nitrogens is 4. The second-order valence-electron chi connectivity index (χ2n) is 6.98. The third-order valence-corrected chi connectivity index (χ3v) is 5.34. The summed E-state index contributed by atoms with van der Waals surface area (Å²) in [7, 11) is 0. The second kappa shape index (κ2) is 7.81. The van der Waals surface area contributed by atoms with E-state index in [0.717, 1.165) is 22.9 Å². The molecule has 170 valence electrons. The third kappa shape index (κ3) is 3.96. The zero-order valence-corrected chi connectivity index (χ0v) is 17.0. The number of nitrogens with zero attached hydrogens (tertiary/aromatic N) is 2. The number of rotatable bonds is 4. The molecule has 0 aliphatic rings. The van der Waals surface area contributed by atoms with Crippen LogP contribution >= 0.6 is 11.6 Å². The van der Waals surface area contributed by atoms with Gasteiger partial charge in [0.15, 0.2) is 0 Å². The lowest BCUT2D eigenvalue weighted by atomic mass is 10.1. The number of nitrogens with one attached hydrogen (secondary N) is 2. The normalized spacial score (nSPS) is 11.8. The molecule has 0 aliphatic carbocycles. The van der Waals surface area contributed by atoms with Gasteiger partial charge in [-0.05, 0) is 29.8 Å². The molecule has 33 heavy (non-hydrogen) atoms. The van der Waals surface area contributed by atoms with Crippen LogP contribution in [0.5, 0.6) is 0 Å². The fourth-order valence-electron chi connectivity index (χ4n) is 3.33. The maximum atomic E-state index is 13.2. The second-order valence-corrected chi connectivity index (χ2v) is 7.36. The summed E-state index contributed by atoms with van der Waals surface area (Å²) >= 11 is 5.88. The summed E-state index contributed by atoms with van der Waals surface area (Å²) in [6.07, 6.45) is -3.97. The van der Waals surface area contributed by atoms with E-state index in [9.17, 15) is 37.5 Å². The Morgan fingerprint density at radius 2 is 1.76 bits per heavy atom. The van der Waals surface area contributed by atoms with Crippen molar-refractivity contribution in [1.29, 1.82) is 0 Å². The number of fused-ring (bicyclic) bond motifs is 1. The Balaban J connectivity index is 1.93. The summed E-state index contributed by atoms with van der Waals surface area (Å²) in [5, 5.41) is 8.73. The lowest BCUT2D eigenvalue weighted by Crippen LogP contribution is -2.42. The molecule has 2 heterocycles. The highest BCUT2D eigenvalue weighted by Crippen LogP contribution is 2.36. The Kier molecular flexibility index (Phi) is 5.24. The summed E-state index contributed by atoms with van der Waals surface area (Å²) in [4.78, 5) is 53.9. The Bertz CT molecular complexity index is 1600. The maximum absolute atomic E-state index is 13.2. The third-order valence-electron chi connectivity index (χ3n) is 4.89. The molecule has 0 spiro atoms. The molecule has 4 rings (SSSR count). The first-order valence-corrected chi connectivity index (χ1v) is 9.52. The van der Waals surface area contributed by atoms with Crippen molar-refractivity contribution in [3.8, 4) is 5.69 Å². The molecule has 0 aliphatic heterocycles. The number of carboxylic acids is 1. The highest BCUT2D eigenvalue weighted by molar-refractivity contribution is 6.32. The number of imidazole rings is 1. The average molecular weight is 481 g/mol. The summed E-state index contributed by atoms with van der Waals surface area (Å²) in [6.45, 7) is -0.704. The number of aromatic carboxylic acids is 1. The fourth-order valence-corrected chi connectivity index (χ4v) is 3.63. The van der Waals surface area contributed by atoms with E-state index in [0.29, 0.717) is 15.6 Å². The van der Waals surface area contributed by atoms with Gasteiger partial charge in [-0.2, -0.15) is 13.2 Å². The highest BCUT2D eigenvalue weighted by Gasteiger charge is 2.34. The van der Waals surface area contributed by atoms with Gasteiger partial charge in [-0.3, -0.25) is 13.9 Å². The van der Waals surface area contributed by atoms with Crippen molar-refractivity contribution in [3.05, 3.63) is 95.6 Å². The average Bonchev–Trinajstić information content (AvgIpc) is 3.10. The summed E-state index contributed by atoms with van der Waals surface area (Å²) in [5.74, 6) is -1.64. The first-order chi connectivity index (χ1) is 15.5. The molecule has 2 aromatic carbocycles.